The van der Waals surface area contributed by atoms with Crippen LogP contribution >= 0.6 is 0 Å². The molecule has 1 amide bonds. The Hall–Kier alpha value is -2.83. The molecule has 0 spiro atoms. The van der Waals surface area contributed by atoms with Crippen LogP contribution < -0.4 is 14.8 Å². The molecule has 0 unspecified atom stereocenters. The van der Waals surface area contributed by atoms with Crippen LogP contribution in [0.15, 0.2) is 30.6 Å². The van der Waals surface area contributed by atoms with E-state index in [0.29, 0.717) is 18.1 Å². The molecule has 0 bridgehead atoms. The Morgan fingerprint density at radius 3 is 2.92 bits per heavy atom. The number of nitrogens with zero attached hydrogens (tertiary/aromatic N) is 3. The molecular formula is C18H22N4O3. The predicted octanol–water partition coefficient (Wildman–Crippen LogP) is 2.69. The van der Waals surface area contributed by atoms with Crippen molar-refractivity contribution in [1.29, 1.82) is 0 Å². The molecule has 0 aliphatic carbocycles. The maximum atomic E-state index is 12.4. The van der Waals surface area contributed by atoms with Gasteiger partial charge >= 0.3 is 0 Å². The highest BCUT2D eigenvalue weighted by Gasteiger charge is 2.15. The van der Waals surface area contributed by atoms with Crippen molar-refractivity contribution in [2.24, 2.45) is 0 Å². The second kappa shape index (κ2) is 7.83. The van der Waals surface area contributed by atoms with Gasteiger partial charge in [0.05, 0.1) is 0 Å². The van der Waals surface area contributed by atoms with Crippen LogP contribution in [0.5, 0.6) is 11.5 Å². The van der Waals surface area contributed by atoms with Crippen molar-refractivity contribution in [2.45, 2.75) is 26.3 Å². The fourth-order valence-electron chi connectivity index (χ4n) is 2.51. The number of hydrogen-bond acceptors (Lipinski definition) is 6. The fraction of sp³-hybridized carbons (Fsp3) is 0.389. The summed E-state index contributed by atoms with van der Waals surface area (Å²) < 4.78 is 10.7. The van der Waals surface area contributed by atoms with Gasteiger partial charge in [0.15, 0.2) is 11.5 Å². The first kappa shape index (κ1) is 17.0. The summed E-state index contributed by atoms with van der Waals surface area (Å²) in [5.74, 6) is 2.02. The first-order valence-corrected chi connectivity index (χ1v) is 8.37. The van der Waals surface area contributed by atoms with Crippen LogP contribution in [0.25, 0.3) is 0 Å². The average Bonchev–Trinajstić information content (AvgIpc) is 3.11. The van der Waals surface area contributed by atoms with E-state index in [1.165, 1.54) is 6.33 Å². The number of aromatic nitrogens is 2. The van der Waals surface area contributed by atoms with E-state index in [1.54, 1.807) is 18.0 Å². The molecule has 132 valence electrons. The highest BCUT2D eigenvalue weighted by atomic mass is 16.7. The lowest BCUT2D eigenvalue weighted by molar-refractivity contribution is 0.0787. The molecule has 1 aliphatic heterocycles. The number of unbranched alkanes of at least 4 members (excludes halogenated alkanes) is 1. The molecule has 7 nitrogen and oxygen atoms in total. The van der Waals surface area contributed by atoms with E-state index in [2.05, 4.69) is 22.2 Å². The van der Waals surface area contributed by atoms with Crippen molar-refractivity contribution >= 4 is 11.7 Å². The Balaban J connectivity index is 1.62. The van der Waals surface area contributed by atoms with E-state index in [4.69, 9.17) is 9.47 Å². The second-order valence-corrected chi connectivity index (χ2v) is 5.91. The van der Waals surface area contributed by atoms with Gasteiger partial charge in [-0.25, -0.2) is 9.97 Å². The third-order valence-electron chi connectivity index (χ3n) is 3.99. The largest absolute Gasteiger partial charge is 0.454 e. The zero-order valence-electron chi connectivity index (χ0n) is 14.5. The van der Waals surface area contributed by atoms with Gasteiger partial charge < -0.3 is 19.7 Å². The number of fused-ring (bicyclic) bond motifs is 1. The Morgan fingerprint density at radius 1 is 1.24 bits per heavy atom. The monoisotopic (exact) mass is 342 g/mol. The summed E-state index contributed by atoms with van der Waals surface area (Å²) in [6.07, 6.45) is 3.43. The van der Waals surface area contributed by atoms with Crippen molar-refractivity contribution in [2.75, 3.05) is 25.7 Å². The smallest absolute Gasteiger partial charge is 0.272 e. The van der Waals surface area contributed by atoms with Gasteiger partial charge in [-0.3, -0.25) is 4.79 Å². The van der Waals surface area contributed by atoms with Gasteiger partial charge in [-0.05, 0) is 24.1 Å². The number of ether oxygens (including phenoxy) is 2. The van der Waals surface area contributed by atoms with E-state index in [1.807, 2.05) is 18.2 Å². The Bertz CT molecular complexity index is 751. The summed E-state index contributed by atoms with van der Waals surface area (Å²) in [6.45, 7) is 3.64. The van der Waals surface area contributed by atoms with Crippen LogP contribution in [0.4, 0.5) is 5.82 Å². The molecular weight excluding hydrogens is 320 g/mol. The third-order valence-corrected chi connectivity index (χ3v) is 3.99. The first-order chi connectivity index (χ1) is 12.2. The summed E-state index contributed by atoms with van der Waals surface area (Å²) in [5.41, 5.74) is 1.43. The maximum Gasteiger partial charge on any atom is 0.272 e. The van der Waals surface area contributed by atoms with Gasteiger partial charge in [0.25, 0.3) is 5.91 Å². The molecule has 1 N–H and O–H groups in total. The number of carbonyl (C=O) groups is 1. The van der Waals surface area contributed by atoms with Crippen LogP contribution in [-0.2, 0) is 6.54 Å². The zero-order chi connectivity index (χ0) is 17.6. The van der Waals surface area contributed by atoms with Crippen molar-refractivity contribution in [3.63, 3.8) is 0 Å². The van der Waals surface area contributed by atoms with Crippen LogP contribution in [0.1, 0.15) is 35.8 Å². The lowest BCUT2D eigenvalue weighted by Crippen LogP contribution is -2.28. The molecule has 3 rings (SSSR count). The van der Waals surface area contributed by atoms with E-state index in [9.17, 15) is 4.79 Å². The lowest BCUT2D eigenvalue weighted by atomic mass is 10.2. The van der Waals surface area contributed by atoms with E-state index in [0.717, 1.165) is 36.4 Å². The number of hydrogen-bond donors (Lipinski definition) is 1. The number of amides is 1. The molecule has 0 saturated carbocycles. The topological polar surface area (TPSA) is 76.6 Å². The minimum absolute atomic E-state index is 0.0954. The first-order valence-electron chi connectivity index (χ1n) is 8.37. The molecule has 2 heterocycles. The fourth-order valence-corrected chi connectivity index (χ4v) is 2.51. The van der Waals surface area contributed by atoms with Gasteiger partial charge in [0, 0.05) is 26.2 Å². The number of benzene rings is 1. The molecule has 1 aliphatic rings. The molecule has 0 saturated heterocycles. The molecule has 2 aromatic rings. The normalized spacial score (nSPS) is 12.1. The highest BCUT2D eigenvalue weighted by Crippen LogP contribution is 2.32. The van der Waals surface area contributed by atoms with Crippen molar-refractivity contribution in [1.82, 2.24) is 14.9 Å². The van der Waals surface area contributed by atoms with E-state index < -0.39 is 0 Å². The molecule has 25 heavy (non-hydrogen) atoms. The van der Waals surface area contributed by atoms with Crippen molar-refractivity contribution in [3.8, 4) is 11.5 Å². The number of rotatable bonds is 7. The van der Waals surface area contributed by atoms with Gasteiger partial charge in [0.2, 0.25) is 6.79 Å². The molecule has 0 fully saturated rings. The van der Waals surface area contributed by atoms with E-state index in [-0.39, 0.29) is 12.7 Å². The number of carbonyl (C=O) groups excluding carboxylic acids is 1. The predicted molar refractivity (Wildman–Crippen MR) is 93.8 cm³/mol. The van der Waals surface area contributed by atoms with Gasteiger partial charge in [-0.2, -0.15) is 0 Å². The standard InChI is InChI=1S/C18H22N4O3/c1-3-4-7-22(2)18(23)14-9-17(21-11-20-14)19-10-13-5-6-15-16(8-13)25-12-24-15/h5-6,8-9,11H,3-4,7,10,12H2,1-2H3,(H,19,20,21). The summed E-state index contributed by atoms with van der Waals surface area (Å²) in [7, 11) is 1.79. The van der Waals surface area contributed by atoms with Crippen LogP contribution in [0.2, 0.25) is 0 Å². The number of nitrogens with one attached hydrogen (secondary N) is 1. The maximum absolute atomic E-state index is 12.4. The lowest BCUT2D eigenvalue weighted by Gasteiger charge is -2.16. The van der Waals surface area contributed by atoms with Gasteiger partial charge in [-0.1, -0.05) is 19.4 Å². The van der Waals surface area contributed by atoms with Crippen molar-refractivity contribution in [3.05, 3.63) is 41.9 Å². The Labute approximate surface area is 147 Å². The van der Waals surface area contributed by atoms with Crippen molar-refractivity contribution < 1.29 is 14.3 Å². The van der Waals surface area contributed by atoms with Gasteiger partial charge in [-0.15, -0.1) is 0 Å². The summed E-state index contributed by atoms with van der Waals surface area (Å²) >= 11 is 0. The number of anilines is 1. The summed E-state index contributed by atoms with van der Waals surface area (Å²) in [4.78, 5) is 22.3. The minimum Gasteiger partial charge on any atom is -0.454 e. The summed E-state index contributed by atoms with van der Waals surface area (Å²) in [6, 6.07) is 7.46. The Kier molecular flexibility index (Phi) is 5.33. The van der Waals surface area contributed by atoms with Crippen LogP contribution in [0, 0.1) is 0 Å². The molecule has 1 aromatic carbocycles. The third kappa shape index (κ3) is 4.17. The average molecular weight is 342 g/mol. The molecule has 0 radical (unpaired) electrons. The SMILES string of the molecule is CCCCN(C)C(=O)c1cc(NCc2ccc3c(c2)OCO3)ncn1. The van der Waals surface area contributed by atoms with Crippen LogP contribution in [0.3, 0.4) is 0 Å². The second-order valence-electron chi connectivity index (χ2n) is 5.91. The minimum atomic E-state index is -0.0954. The molecule has 0 atom stereocenters. The zero-order valence-corrected chi connectivity index (χ0v) is 14.5. The molecule has 7 heteroatoms. The van der Waals surface area contributed by atoms with Crippen LogP contribution in [-0.4, -0.2) is 41.2 Å². The van der Waals surface area contributed by atoms with Gasteiger partial charge in [0.1, 0.15) is 17.8 Å². The quantitative estimate of drug-likeness (QED) is 0.834. The highest BCUT2D eigenvalue weighted by molar-refractivity contribution is 5.92. The molecule has 1 aromatic heterocycles. The Morgan fingerprint density at radius 2 is 2.08 bits per heavy atom. The summed E-state index contributed by atoms with van der Waals surface area (Å²) in [5, 5.41) is 3.21. The van der Waals surface area contributed by atoms with E-state index >= 15 is 0 Å².